The van der Waals surface area contributed by atoms with Crippen molar-refractivity contribution in [2.24, 2.45) is 5.41 Å². The predicted molar refractivity (Wildman–Crippen MR) is 118 cm³/mol. The summed E-state index contributed by atoms with van der Waals surface area (Å²) in [5.41, 5.74) is -0.962. The third-order valence-electron chi connectivity index (χ3n) is 4.92. The number of aromatic nitrogens is 3. The molecule has 11 heteroatoms. The molecule has 1 aromatic carbocycles. The number of carbonyl (C=O) groups is 1. The van der Waals surface area contributed by atoms with Gasteiger partial charge in [0, 0.05) is 24.1 Å². The van der Waals surface area contributed by atoms with Crippen LogP contribution in [0.25, 0.3) is 16.9 Å². The summed E-state index contributed by atoms with van der Waals surface area (Å²) >= 11 is 0. The van der Waals surface area contributed by atoms with Gasteiger partial charge in [-0.2, -0.15) is 13.2 Å². The smallest absolute Gasteiger partial charge is 0.395 e. The number of alkyl halides is 3. The van der Waals surface area contributed by atoms with Gasteiger partial charge in [-0.15, -0.1) is 5.10 Å². The summed E-state index contributed by atoms with van der Waals surface area (Å²) in [7, 11) is 0. The SMILES string of the molecule is CC(C)(C)C(=O)Nc1cc(-c2cn3nc(N(CCO)CCO)ccc3n2)ccc1C(F)(F)F. The lowest BCUT2D eigenvalue weighted by Crippen LogP contribution is -2.30. The standard InChI is InChI=1S/C22H26F3N5O3/c1-21(2,3)20(33)27-16-12-14(4-5-15(16)22(23,24)25)17-13-30-18(26-17)6-7-19(28-30)29(8-10-31)9-11-32/h4-7,12-13,31-32H,8-11H2,1-3H3,(H,27,33). The van der Waals surface area contributed by atoms with Gasteiger partial charge in [0.15, 0.2) is 5.65 Å². The number of hydrogen-bond acceptors (Lipinski definition) is 6. The topological polar surface area (TPSA) is 103 Å². The largest absolute Gasteiger partial charge is 0.418 e. The highest BCUT2D eigenvalue weighted by molar-refractivity contribution is 5.96. The first-order chi connectivity index (χ1) is 15.4. The lowest BCUT2D eigenvalue weighted by atomic mass is 9.95. The first-order valence-corrected chi connectivity index (χ1v) is 10.3. The molecule has 3 N–H and O–H groups in total. The third kappa shape index (κ3) is 5.60. The molecule has 0 saturated heterocycles. The van der Waals surface area contributed by atoms with Gasteiger partial charge in [-0.1, -0.05) is 26.8 Å². The lowest BCUT2D eigenvalue weighted by Gasteiger charge is -2.21. The van der Waals surface area contributed by atoms with Crippen LogP contribution in [-0.2, 0) is 11.0 Å². The second-order valence-corrected chi connectivity index (χ2v) is 8.52. The van der Waals surface area contributed by atoms with E-state index in [0.29, 0.717) is 22.7 Å². The summed E-state index contributed by atoms with van der Waals surface area (Å²) in [6.07, 6.45) is -3.08. The van der Waals surface area contributed by atoms with Crippen molar-refractivity contribution in [1.29, 1.82) is 0 Å². The van der Waals surface area contributed by atoms with E-state index >= 15 is 0 Å². The van der Waals surface area contributed by atoms with Crippen molar-refractivity contribution in [1.82, 2.24) is 14.6 Å². The zero-order valence-corrected chi connectivity index (χ0v) is 18.5. The van der Waals surface area contributed by atoms with Gasteiger partial charge in [0.05, 0.1) is 36.4 Å². The summed E-state index contributed by atoms with van der Waals surface area (Å²) in [5, 5.41) is 25.3. The Morgan fingerprint density at radius 1 is 1.09 bits per heavy atom. The average molecular weight is 465 g/mol. The number of nitrogens with one attached hydrogen (secondary N) is 1. The average Bonchev–Trinajstić information content (AvgIpc) is 3.15. The van der Waals surface area contributed by atoms with E-state index < -0.39 is 23.1 Å². The van der Waals surface area contributed by atoms with Crippen molar-refractivity contribution >= 4 is 23.1 Å². The van der Waals surface area contributed by atoms with Crippen LogP contribution in [0.4, 0.5) is 24.7 Å². The maximum Gasteiger partial charge on any atom is 0.418 e. The van der Waals surface area contributed by atoms with Gasteiger partial charge >= 0.3 is 6.18 Å². The van der Waals surface area contributed by atoms with Crippen molar-refractivity contribution < 1.29 is 28.2 Å². The second kappa shape index (κ2) is 9.36. The van der Waals surface area contributed by atoms with Crippen LogP contribution in [0.5, 0.6) is 0 Å². The molecule has 33 heavy (non-hydrogen) atoms. The number of rotatable bonds is 7. The molecule has 0 aliphatic rings. The predicted octanol–water partition coefficient (Wildman–Crippen LogP) is 3.19. The monoisotopic (exact) mass is 465 g/mol. The highest BCUT2D eigenvalue weighted by atomic mass is 19.4. The first kappa shape index (κ1) is 24.5. The number of hydrogen-bond donors (Lipinski definition) is 3. The number of benzene rings is 1. The number of aliphatic hydroxyl groups excluding tert-OH is 2. The number of halogens is 3. The highest BCUT2D eigenvalue weighted by Gasteiger charge is 2.35. The Kier molecular flexibility index (Phi) is 6.94. The molecule has 0 atom stereocenters. The lowest BCUT2D eigenvalue weighted by molar-refractivity contribution is -0.137. The minimum Gasteiger partial charge on any atom is -0.395 e. The van der Waals surface area contributed by atoms with Gasteiger partial charge < -0.3 is 20.4 Å². The van der Waals surface area contributed by atoms with Crippen molar-refractivity contribution in [3.63, 3.8) is 0 Å². The molecule has 0 fully saturated rings. The molecule has 3 rings (SSSR count). The highest BCUT2D eigenvalue weighted by Crippen LogP contribution is 2.37. The summed E-state index contributed by atoms with van der Waals surface area (Å²) in [6, 6.07) is 6.82. The Balaban J connectivity index is 2.02. The summed E-state index contributed by atoms with van der Waals surface area (Å²) < 4.78 is 42.0. The van der Waals surface area contributed by atoms with E-state index in [1.165, 1.54) is 16.6 Å². The fourth-order valence-corrected chi connectivity index (χ4v) is 3.13. The summed E-state index contributed by atoms with van der Waals surface area (Å²) in [6.45, 7) is 5.14. The number of aliphatic hydroxyl groups is 2. The van der Waals surface area contributed by atoms with Gasteiger partial charge in [-0.3, -0.25) is 4.79 Å². The van der Waals surface area contributed by atoms with Gasteiger partial charge in [0.25, 0.3) is 0 Å². The van der Waals surface area contributed by atoms with Crippen LogP contribution in [0.1, 0.15) is 26.3 Å². The molecule has 2 aromatic heterocycles. The van der Waals surface area contributed by atoms with E-state index in [-0.39, 0.29) is 32.0 Å². The third-order valence-corrected chi connectivity index (χ3v) is 4.92. The van der Waals surface area contributed by atoms with Crippen LogP contribution in [0, 0.1) is 5.41 Å². The molecule has 0 aliphatic carbocycles. The number of carbonyl (C=O) groups excluding carboxylic acids is 1. The number of amides is 1. The van der Waals surface area contributed by atoms with E-state index in [2.05, 4.69) is 15.4 Å². The normalized spacial score (nSPS) is 12.2. The molecule has 178 valence electrons. The van der Waals surface area contributed by atoms with Crippen molar-refractivity contribution in [3.8, 4) is 11.3 Å². The van der Waals surface area contributed by atoms with Crippen LogP contribution >= 0.6 is 0 Å². The Morgan fingerprint density at radius 2 is 1.76 bits per heavy atom. The zero-order chi connectivity index (χ0) is 24.4. The maximum absolute atomic E-state index is 13.5. The van der Waals surface area contributed by atoms with Gasteiger partial charge in [-0.25, -0.2) is 9.50 Å². The molecule has 0 saturated carbocycles. The minimum absolute atomic E-state index is 0.122. The number of nitrogens with zero attached hydrogens (tertiary/aromatic N) is 4. The molecular formula is C22H26F3N5O3. The Labute approximate surface area is 188 Å². The molecule has 0 radical (unpaired) electrons. The Bertz CT molecular complexity index is 1130. The molecule has 1 amide bonds. The van der Waals surface area contributed by atoms with Crippen LogP contribution < -0.4 is 10.2 Å². The van der Waals surface area contributed by atoms with Crippen LogP contribution in [-0.4, -0.2) is 57.0 Å². The maximum atomic E-state index is 13.5. The minimum atomic E-state index is -4.64. The molecule has 2 heterocycles. The van der Waals surface area contributed by atoms with Crippen molar-refractivity contribution in [2.75, 3.05) is 36.5 Å². The van der Waals surface area contributed by atoms with E-state index in [0.717, 1.165) is 6.07 Å². The van der Waals surface area contributed by atoms with Crippen LogP contribution in [0.2, 0.25) is 0 Å². The molecule has 0 bridgehead atoms. The molecule has 3 aromatic rings. The van der Waals surface area contributed by atoms with E-state index in [1.807, 2.05) is 0 Å². The Morgan fingerprint density at radius 3 is 2.33 bits per heavy atom. The quantitative estimate of drug-likeness (QED) is 0.495. The molecule has 0 spiro atoms. The fraction of sp³-hybridized carbons (Fsp3) is 0.409. The van der Waals surface area contributed by atoms with Gasteiger partial charge in [-0.05, 0) is 24.3 Å². The van der Waals surface area contributed by atoms with Gasteiger partial charge in [0.2, 0.25) is 5.91 Å². The second-order valence-electron chi connectivity index (χ2n) is 8.52. The zero-order valence-electron chi connectivity index (χ0n) is 18.5. The molecule has 8 nitrogen and oxygen atoms in total. The number of fused-ring (bicyclic) bond motifs is 1. The van der Waals surface area contributed by atoms with E-state index in [9.17, 15) is 28.2 Å². The Hall–Kier alpha value is -3.18. The summed E-state index contributed by atoms with van der Waals surface area (Å²) in [5.74, 6) is -0.0422. The van der Waals surface area contributed by atoms with Crippen LogP contribution in [0.15, 0.2) is 36.5 Å². The van der Waals surface area contributed by atoms with E-state index in [4.69, 9.17) is 0 Å². The molecule has 0 unspecified atom stereocenters. The molecular weight excluding hydrogens is 439 g/mol. The fourth-order valence-electron chi connectivity index (χ4n) is 3.13. The number of imidazole rings is 1. The van der Waals surface area contributed by atoms with Crippen LogP contribution in [0.3, 0.4) is 0 Å². The van der Waals surface area contributed by atoms with Gasteiger partial charge in [0.1, 0.15) is 5.82 Å². The first-order valence-electron chi connectivity index (χ1n) is 10.3. The van der Waals surface area contributed by atoms with Crippen molar-refractivity contribution in [3.05, 3.63) is 42.1 Å². The van der Waals surface area contributed by atoms with E-state index in [1.54, 1.807) is 44.0 Å². The summed E-state index contributed by atoms with van der Waals surface area (Å²) in [4.78, 5) is 18.5. The number of anilines is 2. The molecule has 0 aliphatic heterocycles. The van der Waals surface area contributed by atoms with Crippen molar-refractivity contribution in [2.45, 2.75) is 26.9 Å².